The van der Waals surface area contributed by atoms with E-state index in [1.54, 1.807) is 31.2 Å². The van der Waals surface area contributed by atoms with E-state index in [0.29, 0.717) is 61.2 Å². The van der Waals surface area contributed by atoms with Gasteiger partial charge in [-0.25, -0.2) is 28.6 Å². The first-order valence-corrected chi connectivity index (χ1v) is 11.6. The number of anilines is 2. The van der Waals surface area contributed by atoms with Gasteiger partial charge < -0.3 is 15.5 Å². The van der Waals surface area contributed by atoms with Gasteiger partial charge in [0.1, 0.15) is 17.3 Å². The Kier molecular flexibility index (Phi) is 6.16. The number of amides is 2. The minimum absolute atomic E-state index is 0.105. The second kappa shape index (κ2) is 9.45. The van der Waals surface area contributed by atoms with Crippen molar-refractivity contribution in [2.24, 2.45) is 12.1 Å². The molecule has 2 aromatic heterocycles. The highest BCUT2D eigenvalue weighted by atomic mass is 19.1. The molecule has 3 aromatic rings. The summed E-state index contributed by atoms with van der Waals surface area (Å²) in [6.45, 7) is 3.31. The van der Waals surface area contributed by atoms with Crippen LogP contribution in [0.1, 0.15) is 29.2 Å². The van der Waals surface area contributed by atoms with E-state index in [-0.39, 0.29) is 17.3 Å². The number of hydrogen-bond donors (Lipinski definition) is 1. The first-order chi connectivity index (χ1) is 17.8. The van der Waals surface area contributed by atoms with Crippen molar-refractivity contribution in [3.8, 4) is 17.5 Å². The van der Waals surface area contributed by atoms with Gasteiger partial charge in [0.15, 0.2) is 5.82 Å². The summed E-state index contributed by atoms with van der Waals surface area (Å²) in [5.74, 6) is -0.485. The average Bonchev–Trinajstić information content (AvgIpc) is 3.48. The number of piperazine rings is 1. The summed E-state index contributed by atoms with van der Waals surface area (Å²) in [4.78, 5) is 25.4. The molecule has 5 rings (SSSR count). The summed E-state index contributed by atoms with van der Waals surface area (Å²) in [6, 6.07) is 5.17. The molecule has 190 valence electrons. The number of aromatic nitrogens is 4. The molecule has 0 spiro atoms. The van der Waals surface area contributed by atoms with Gasteiger partial charge >= 0.3 is 6.03 Å². The zero-order valence-electron chi connectivity index (χ0n) is 20.3. The summed E-state index contributed by atoms with van der Waals surface area (Å²) < 4.78 is 30.1. The van der Waals surface area contributed by atoms with Crippen LogP contribution in [0.4, 0.5) is 25.3 Å². The van der Waals surface area contributed by atoms with E-state index in [4.69, 9.17) is 5.73 Å². The fraction of sp³-hybridized carbons (Fsp3) is 0.333. The average molecular weight is 507 g/mol. The maximum Gasteiger partial charge on any atom is 0.341 e. The van der Waals surface area contributed by atoms with Crippen LogP contribution >= 0.6 is 0 Å². The molecule has 2 aliphatic rings. The highest BCUT2D eigenvalue weighted by Gasteiger charge is 2.34. The van der Waals surface area contributed by atoms with Crippen LogP contribution in [0.15, 0.2) is 29.5 Å². The summed E-state index contributed by atoms with van der Waals surface area (Å²) >= 11 is 0. The van der Waals surface area contributed by atoms with Gasteiger partial charge in [-0.1, -0.05) is 0 Å². The van der Waals surface area contributed by atoms with Crippen LogP contribution in [-0.4, -0.2) is 68.1 Å². The van der Waals surface area contributed by atoms with Gasteiger partial charge in [0.05, 0.1) is 29.6 Å². The zero-order chi connectivity index (χ0) is 26.3. The second-order valence-electron chi connectivity index (χ2n) is 8.88. The summed E-state index contributed by atoms with van der Waals surface area (Å²) in [5.41, 5.74) is 7.79. The number of nitrogens with zero attached hydrogens (tertiary/aromatic N) is 9. The predicted molar refractivity (Wildman–Crippen MR) is 131 cm³/mol. The summed E-state index contributed by atoms with van der Waals surface area (Å²) in [6.07, 6.45) is 3.15. The lowest BCUT2D eigenvalue weighted by Crippen LogP contribution is -2.52. The van der Waals surface area contributed by atoms with Crippen LogP contribution in [0, 0.1) is 29.9 Å². The SMILES string of the molecule is Cc1c(N)nn(C)c1-c1nc(N2CCN(C(=O)N3N=CCC3c3cc(F)cc(C#N)c3)CC2)ncc1F. The lowest BCUT2D eigenvalue weighted by Gasteiger charge is -2.37. The van der Waals surface area contributed by atoms with Crippen molar-refractivity contribution >= 4 is 24.0 Å². The Morgan fingerprint density at radius 3 is 2.62 bits per heavy atom. The summed E-state index contributed by atoms with van der Waals surface area (Å²) in [7, 11) is 1.67. The number of rotatable bonds is 3. The van der Waals surface area contributed by atoms with E-state index < -0.39 is 17.7 Å². The summed E-state index contributed by atoms with van der Waals surface area (Å²) in [5, 5.41) is 18.9. The Morgan fingerprint density at radius 1 is 1.19 bits per heavy atom. The first-order valence-electron chi connectivity index (χ1n) is 11.6. The number of benzene rings is 1. The molecule has 1 saturated heterocycles. The van der Waals surface area contributed by atoms with Crippen LogP contribution in [0.25, 0.3) is 11.4 Å². The van der Waals surface area contributed by atoms with Gasteiger partial charge in [0, 0.05) is 51.4 Å². The van der Waals surface area contributed by atoms with Gasteiger partial charge in [0.25, 0.3) is 0 Å². The van der Waals surface area contributed by atoms with Crippen LogP contribution < -0.4 is 10.6 Å². The molecule has 2 amide bonds. The second-order valence-corrected chi connectivity index (χ2v) is 8.88. The van der Waals surface area contributed by atoms with E-state index in [1.165, 1.54) is 15.8 Å². The van der Waals surface area contributed by atoms with Crippen molar-refractivity contribution < 1.29 is 13.6 Å². The molecule has 2 N–H and O–H groups in total. The maximum atomic E-state index is 14.6. The molecule has 1 fully saturated rings. The highest BCUT2D eigenvalue weighted by Crippen LogP contribution is 2.31. The minimum atomic E-state index is -0.585. The Labute approximate surface area is 211 Å². The standard InChI is InChI=1S/C24H24F2N10O/c1-14-21(33(2)32-22(14)28)20-18(26)13-29-23(31-20)34-5-7-35(8-6-34)24(37)36-19(3-4-30-36)16-9-15(12-27)10-17(25)11-16/h4,9-11,13,19H,3,5-8H2,1-2H3,(H2,28,32). The monoisotopic (exact) mass is 506 g/mol. The van der Waals surface area contributed by atoms with Crippen LogP contribution in [0.2, 0.25) is 0 Å². The third kappa shape index (κ3) is 4.42. The number of nitriles is 1. The fourth-order valence-electron chi connectivity index (χ4n) is 4.64. The number of carbonyl (C=O) groups is 1. The van der Waals surface area contributed by atoms with Gasteiger partial charge in [-0.05, 0) is 30.7 Å². The van der Waals surface area contributed by atoms with Crippen molar-refractivity contribution in [2.75, 3.05) is 36.8 Å². The molecule has 0 aliphatic carbocycles. The zero-order valence-corrected chi connectivity index (χ0v) is 20.3. The molecule has 4 heterocycles. The number of carbonyl (C=O) groups excluding carboxylic acids is 1. The Bertz CT molecular complexity index is 1440. The number of nitrogen functional groups attached to an aromatic ring is 1. The third-order valence-corrected chi connectivity index (χ3v) is 6.57. The van der Waals surface area contributed by atoms with E-state index in [1.807, 2.05) is 11.0 Å². The molecule has 0 radical (unpaired) electrons. The Hall–Kier alpha value is -4.60. The molecular weight excluding hydrogens is 482 g/mol. The largest absolute Gasteiger partial charge is 0.382 e. The van der Waals surface area contributed by atoms with Gasteiger partial charge in [-0.2, -0.15) is 15.5 Å². The molecule has 1 atom stereocenters. The minimum Gasteiger partial charge on any atom is -0.382 e. The van der Waals surface area contributed by atoms with Crippen LogP contribution in [-0.2, 0) is 7.05 Å². The van der Waals surface area contributed by atoms with E-state index >= 15 is 0 Å². The molecule has 0 bridgehead atoms. The molecule has 2 aliphatic heterocycles. The quantitative estimate of drug-likeness (QED) is 0.577. The molecule has 13 heteroatoms. The highest BCUT2D eigenvalue weighted by molar-refractivity contribution is 5.79. The van der Waals surface area contributed by atoms with E-state index in [2.05, 4.69) is 20.2 Å². The smallest absolute Gasteiger partial charge is 0.341 e. The van der Waals surface area contributed by atoms with Crippen LogP contribution in [0.5, 0.6) is 0 Å². The van der Waals surface area contributed by atoms with E-state index in [9.17, 15) is 18.8 Å². The lowest BCUT2D eigenvalue weighted by molar-refractivity contribution is 0.139. The normalized spacial score (nSPS) is 17.4. The van der Waals surface area contributed by atoms with Crippen molar-refractivity contribution in [2.45, 2.75) is 19.4 Å². The Balaban J connectivity index is 1.30. The van der Waals surface area contributed by atoms with Gasteiger partial charge in [0.2, 0.25) is 5.95 Å². The lowest BCUT2D eigenvalue weighted by atomic mass is 10.0. The molecule has 37 heavy (non-hydrogen) atoms. The van der Waals surface area contributed by atoms with E-state index in [0.717, 1.165) is 12.3 Å². The third-order valence-electron chi connectivity index (χ3n) is 6.57. The topological polar surface area (TPSA) is 133 Å². The fourth-order valence-corrected chi connectivity index (χ4v) is 4.64. The van der Waals surface area contributed by atoms with Gasteiger partial charge in [-0.3, -0.25) is 4.68 Å². The number of hydrogen-bond acceptors (Lipinski definition) is 8. The molecule has 0 saturated carbocycles. The maximum absolute atomic E-state index is 14.6. The first kappa shape index (κ1) is 24.1. The number of aryl methyl sites for hydroxylation is 1. The molecule has 11 nitrogen and oxygen atoms in total. The number of halogens is 2. The molecular formula is C24H24F2N10O. The van der Waals surface area contributed by atoms with Crippen molar-refractivity contribution in [1.82, 2.24) is 29.7 Å². The van der Waals surface area contributed by atoms with Crippen molar-refractivity contribution in [3.05, 3.63) is 52.7 Å². The number of hydrazone groups is 1. The predicted octanol–water partition coefficient (Wildman–Crippen LogP) is 2.59. The van der Waals surface area contributed by atoms with Crippen molar-refractivity contribution in [1.29, 1.82) is 5.26 Å². The number of urea groups is 1. The molecule has 1 aromatic carbocycles. The Morgan fingerprint density at radius 2 is 1.95 bits per heavy atom. The van der Waals surface area contributed by atoms with Crippen LogP contribution in [0.3, 0.4) is 0 Å². The molecule has 1 unspecified atom stereocenters. The van der Waals surface area contributed by atoms with Gasteiger partial charge in [-0.15, -0.1) is 0 Å². The van der Waals surface area contributed by atoms with Crippen molar-refractivity contribution in [3.63, 3.8) is 0 Å². The number of nitrogens with two attached hydrogens (primary N) is 1.